The third-order valence-corrected chi connectivity index (χ3v) is 3.74. The zero-order valence-corrected chi connectivity index (χ0v) is 9.37. The van der Waals surface area contributed by atoms with Crippen LogP contribution in [-0.2, 0) is 0 Å². The molecule has 0 fully saturated rings. The van der Waals surface area contributed by atoms with E-state index in [1.165, 1.54) is 10.3 Å². The van der Waals surface area contributed by atoms with Crippen molar-refractivity contribution in [3.8, 4) is 6.07 Å². The Morgan fingerprint density at radius 1 is 1.46 bits per heavy atom. The number of nitrogens with zero attached hydrogens (tertiary/aromatic N) is 1. The standard InChI is InChI=1S/C10H6BrNS/c1-6-2-3-7(5-12)8-4-9(11)13-10(6)8/h2-4H,1H3. The summed E-state index contributed by atoms with van der Waals surface area (Å²) < 4.78 is 2.28. The molecule has 0 saturated heterocycles. The van der Waals surface area contributed by atoms with Gasteiger partial charge in [0, 0.05) is 10.1 Å². The number of fused-ring (bicyclic) bond motifs is 1. The molecule has 1 aromatic carbocycles. The van der Waals surface area contributed by atoms with Crippen LogP contribution in [0.25, 0.3) is 10.1 Å². The predicted octanol–water partition coefficient (Wildman–Crippen LogP) is 3.84. The topological polar surface area (TPSA) is 23.8 Å². The number of aryl methyl sites for hydroxylation is 1. The van der Waals surface area contributed by atoms with Gasteiger partial charge in [0.25, 0.3) is 0 Å². The second kappa shape index (κ2) is 3.13. The van der Waals surface area contributed by atoms with Crippen LogP contribution in [-0.4, -0.2) is 0 Å². The van der Waals surface area contributed by atoms with Gasteiger partial charge in [0.05, 0.1) is 15.4 Å². The second-order valence-corrected chi connectivity index (χ2v) is 5.27. The van der Waals surface area contributed by atoms with E-state index in [1.54, 1.807) is 11.3 Å². The van der Waals surface area contributed by atoms with E-state index in [4.69, 9.17) is 5.26 Å². The highest BCUT2D eigenvalue weighted by Crippen LogP contribution is 2.33. The van der Waals surface area contributed by atoms with Gasteiger partial charge in [-0.2, -0.15) is 5.26 Å². The van der Waals surface area contributed by atoms with Crippen LogP contribution in [0.4, 0.5) is 0 Å². The average molecular weight is 252 g/mol. The van der Waals surface area contributed by atoms with E-state index in [2.05, 4.69) is 28.9 Å². The lowest BCUT2D eigenvalue weighted by Crippen LogP contribution is -1.77. The fourth-order valence-electron chi connectivity index (χ4n) is 1.33. The molecular formula is C10H6BrNS. The summed E-state index contributed by atoms with van der Waals surface area (Å²) in [6, 6.07) is 8.06. The van der Waals surface area contributed by atoms with Crippen molar-refractivity contribution in [3.63, 3.8) is 0 Å². The van der Waals surface area contributed by atoms with E-state index < -0.39 is 0 Å². The summed E-state index contributed by atoms with van der Waals surface area (Å²) in [4.78, 5) is 0. The van der Waals surface area contributed by atoms with Crippen molar-refractivity contribution < 1.29 is 0 Å². The fourth-order valence-corrected chi connectivity index (χ4v) is 2.92. The smallest absolute Gasteiger partial charge is 0.0998 e. The van der Waals surface area contributed by atoms with Crippen LogP contribution >= 0.6 is 27.3 Å². The van der Waals surface area contributed by atoms with Gasteiger partial charge < -0.3 is 0 Å². The van der Waals surface area contributed by atoms with Gasteiger partial charge in [-0.05, 0) is 40.5 Å². The number of rotatable bonds is 0. The Hall–Kier alpha value is -0.850. The Bertz CT molecular complexity index is 507. The number of halogens is 1. The SMILES string of the molecule is Cc1ccc(C#N)c2cc(Br)sc12. The Labute approximate surface area is 88.7 Å². The molecule has 0 amide bonds. The molecule has 0 N–H and O–H groups in total. The molecule has 0 aliphatic carbocycles. The highest BCUT2D eigenvalue weighted by Gasteiger charge is 2.06. The van der Waals surface area contributed by atoms with E-state index in [9.17, 15) is 0 Å². The van der Waals surface area contributed by atoms with Crippen LogP contribution in [0.5, 0.6) is 0 Å². The first-order valence-corrected chi connectivity index (χ1v) is 5.42. The van der Waals surface area contributed by atoms with Crippen molar-refractivity contribution >= 4 is 37.4 Å². The quantitative estimate of drug-likeness (QED) is 0.698. The summed E-state index contributed by atoms with van der Waals surface area (Å²) in [5.41, 5.74) is 1.98. The highest BCUT2D eigenvalue weighted by molar-refractivity contribution is 9.11. The number of hydrogen-bond acceptors (Lipinski definition) is 2. The monoisotopic (exact) mass is 251 g/mol. The lowest BCUT2D eigenvalue weighted by atomic mass is 10.1. The van der Waals surface area contributed by atoms with Crippen molar-refractivity contribution in [2.45, 2.75) is 6.92 Å². The first kappa shape index (κ1) is 8.74. The molecule has 0 aliphatic heterocycles. The second-order valence-electron chi connectivity index (χ2n) is 2.84. The van der Waals surface area contributed by atoms with Crippen molar-refractivity contribution in [1.82, 2.24) is 0 Å². The minimum Gasteiger partial charge on any atom is -0.192 e. The van der Waals surface area contributed by atoms with Crippen LogP contribution in [0.1, 0.15) is 11.1 Å². The summed E-state index contributed by atoms with van der Waals surface area (Å²) in [6.07, 6.45) is 0. The van der Waals surface area contributed by atoms with E-state index in [0.717, 1.165) is 14.7 Å². The predicted molar refractivity (Wildman–Crippen MR) is 59.0 cm³/mol. The summed E-state index contributed by atoms with van der Waals surface area (Å²) in [5.74, 6) is 0. The van der Waals surface area contributed by atoms with Gasteiger partial charge in [-0.3, -0.25) is 0 Å². The molecule has 2 aromatic rings. The maximum atomic E-state index is 8.88. The fraction of sp³-hybridized carbons (Fsp3) is 0.100. The maximum absolute atomic E-state index is 8.88. The first-order chi connectivity index (χ1) is 6.22. The third-order valence-electron chi connectivity index (χ3n) is 1.97. The summed E-state index contributed by atoms with van der Waals surface area (Å²) in [6.45, 7) is 2.06. The van der Waals surface area contributed by atoms with E-state index in [-0.39, 0.29) is 0 Å². The van der Waals surface area contributed by atoms with Crippen molar-refractivity contribution in [3.05, 3.63) is 33.1 Å². The van der Waals surface area contributed by atoms with Crippen LogP contribution in [0.15, 0.2) is 22.0 Å². The molecule has 0 aliphatic rings. The van der Waals surface area contributed by atoms with E-state index in [0.29, 0.717) is 0 Å². The lowest BCUT2D eigenvalue weighted by molar-refractivity contribution is 1.49. The van der Waals surface area contributed by atoms with Gasteiger partial charge in [-0.1, -0.05) is 6.07 Å². The summed E-state index contributed by atoms with van der Waals surface area (Å²) in [7, 11) is 0. The molecule has 0 saturated carbocycles. The number of nitriles is 1. The average Bonchev–Trinajstić information content (AvgIpc) is 2.48. The van der Waals surface area contributed by atoms with Gasteiger partial charge in [0.15, 0.2) is 0 Å². The van der Waals surface area contributed by atoms with Crippen LogP contribution in [0.3, 0.4) is 0 Å². The molecule has 0 bridgehead atoms. The highest BCUT2D eigenvalue weighted by atomic mass is 79.9. The molecule has 0 unspecified atom stereocenters. The van der Waals surface area contributed by atoms with Gasteiger partial charge in [0.2, 0.25) is 0 Å². The van der Waals surface area contributed by atoms with Crippen LogP contribution in [0.2, 0.25) is 0 Å². The molecule has 0 spiro atoms. The Morgan fingerprint density at radius 3 is 2.92 bits per heavy atom. The molecule has 0 atom stereocenters. The van der Waals surface area contributed by atoms with Gasteiger partial charge >= 0.3 is 0 Å². The largest absolute Gasteiger partial charge is 0.192 e. The molecule has 3 heteroatoms. The summed E-state index contributed by atoms with van der Waals surface area (Å²) >= 11 is 5.11. The Balaban J connectivity index is 2.94. The van der Waals surface area contributed by atoms with Gasteiger partial charge in [-0.15, -0.1) is 11.3 Å². The maximum Gasteiger partial charge on any atom is 0.0998 e. The lowest BCUT2D eigenvalue weighted by Gasteiger charge is -1.95. The van der Waals surface area contributed by atoms with E-state index in [1.807, 2.05) is 18.2 Å². The molecule has 1 heterocycles. The normalized spacial score (nSPS) is 10.2. The van der Waals surface area contributed by atoms with Gasteiger partial charge in [0.1, 0.15) is 0 Å². The minimum atomic E-state index is 0.752. The van der Waals surface area contributed by atoms with Crippen molar-refractivity contribution in [2.24, 2.45) is 0 Å². The number of hydrogen-bond donors (Lipinski definition) is 0. The van der Waals surface area contributed by atoms with E-state index >= 15 is 0 Å². The zero-order chi connectivity index (χ0) is 9.42. The molecular weight excluding hydrogens is 246 g/mol. The molecule has 1 aromatic heterocycles. The van der Waals surface area contributed by atoms with Crippen LogP contribution < -0.4 is 0 Å². The minimum absolute atomic E-state index is 0.752. The number of benzene rings is 1. The molecule has 13 heavy (non-hydrogen) atoms. The molecule has 2 rings (SSSR count). The molecule has 0 radical (unpaired) electrons. The molecule has 1 nitrogen and oxygen atoms in total. The molecule has 64 valence electrons. The van der Waals surface area contributed by atoms with Crippen LogP contribution in [0, 0.1) is 18.3 Å². The summed E-state index contributed by atoms with van der Waals surface area (Å²) in [5, 5.41) is 9.93. The number of thiophene rings is 1. The van der Waals surface area contributed by atoms with Crippen molar-refractivity contribution in [1.29, 1.82) is 5.26 Å². The zero-order valence-electron chi connectivity index (χ0n) is 6.97. The Kier molecular flexibility index (Phi) is 2.10. The first-order valence-electron chi connectivity index (χ1n) is 3.81. The van der Waals surface area contributed by atoms with Crippen molar-refractivity contribution in [2.75, 3.05) is 0 Å². The Morgan fingerprint density at radius 2 is 2.23 bits per heavy atom. The van der Waals surface area contributed by atoms with Gasteiger partial charge in [-0.25, -0.2) is 0 Å². The third kappa shape index (κ3) is 1.37.